The van der Waals surface area contributed by atoms with Crippen LogP contribution in [0.1, 0.15) is 0 Å². The van der Waals surface area contributed by atoms with E-state index in [2.05, 4.69) is 133 Å². The summed E-state index contributed by atoms with van der Waals surface area (Å²) in [6.07, 6.45) is 0. The molecule has 1 aliphatic heterocycles. The second kappa shape index (κ2) is 8.23. The van der Waals surface area contributed by atoms with Gasteiger partial charge in [-0.3, -0.25) is 4.57 Å². The fourth-order valence-corrected chi connectivity index (χ4v) is 11.0. The van der Waals surface area contributed by atoms with Gasteiger partial charge in [-0.15, -0.1) is 11.3 Å². The van der Waals surface area contributed by atoms with Gasteiger partial charge in [0.25, 0.3) is 0 Å². The highest BCUT2D eigenvalue weighted by Gasteiger charge is 2.41. The predicted molar refractivity (Wildman–Crippen MR) is 177 cm³/mol. The fraction of sp³-hybridized carbons (Fsp3) is 0.0556. The third-order valence-electron chi connectivity index (χ3n) is 8.79. The van der Waals surface area contributed by atoms with E-state index in [-0.39, 0.29) is 0 Å². The minimum absolute atomic E-state index is 0.757. The van der Waals surface area contributed by atoms with Gasteiger partial charge in [0.05, 0.1) is 21.4 Å². The number of benzene rings is 5. The summed E-state index contributed by atoms with van der Waals surface area (Å²) in [7, 11) is -2.07. The van der Waals surface area contributed by atoms with Crippen LogP contribution in [0.15, 0.2) is 115 Å². The Labute approximate surface area is 242 Å². The van der Waals surface area contributed by atoms with Crippen LogP contribution in [0.2, 0.25) is 13.1 Å². The van der Waals surface area contributed by atoms with Crippen LogP contribution in [0.25, 0.3) is 70.3 Å². The molecule has 0 fully saturated rings. The summed E-state index contributed by atoms with van der Waals surface area (Å²) in [5, 5.41) is 7.71. The van der Waals surface area contributed by atoms with Gasteiger partial charge in [0.15, 0.2) is 0 Å². The van der Waals surface area contributed by atoms with Crippen molar-refractivity contribution in [2.45, 2.75) is 13.1 Å². The minimum atomic E-state index is -2.07. The zero-order valence-corrected chi connectivity index (χ0v) is 24.5. The number of aromatic nitrogens is 3. The van der Waals surface area contributed by atoms with E-state index < -0.39 is 8.07 Å². The van der Waals surface area contributed by atoms with Gasteiger partial charge in [0, 0.05) is 42.7 Å². The number of hydrogen-bond donors (Lipinski definition) is 0. The molecule has 194 valence electrons. The Hall–Kier alpha value is -4.58. The molecule has 8 aromatic rings. The summed E-state index contributed by atoms with van der Waals surface area (Å²) >= 11 is 1.86. The van der Waals surface area contributed by atoms with Crippen molar-refractivity contribution in [1.29, 1.82) is 0 Å². The van der Waals surface area contributed by atoms with Crippen LogP contribution in [-0.2, 0) is 0 Å². The molecule has 0 N–H and O–H groups in total. The topological polar surface area (TPSA) is 30.7 Å². The van der Waals surface area contributed by atoms with Crippen LogP contribution < -0.4 is 10.5 Å². The number of nitrogens with zero attached hydrogens (tertiary/aromatic N) is 3. The molecule has 41 heavy (non-hydrogen) atoms. The van der Waals surface area contributed by atoms with Gasteiger partial charge < -0.3 is 0 Å². The van der Waals surface area contributed by atoms with Crippen molar-refractivity contribution < 1.29 is 0 Å². The highest BCUT2D eigenvalue weighted by atomic mass is 32.1. The Bertz CT molecular complexity index is 2350. The van der Waals surface area contributed by atoms with E-state index >= 15 is 0 Å². The molecule has 4 heterocycles. The Morgan fingerprint density at radius 1 is 0.634 bits per heavy atom. The first-order valence-corrected chi connectivity index (χ1v) is 17.8. The van der Waals surface area contributed by atoms with Gasteiger partial charge in [-0.1, -0.05) is 116 Å². The molecule has 0 spiro atoms. The second-order valence-electron chi connectivity index (χ2n) is 11.4. The first kappa shape index (κ1) is 23.2. The predicted octanol–water partition coefficient (Wildman–Crippen LogP) is 8.41. The Morgan fingerprint density at radius 2 is 1.34 bits per heavy atom. The van der Waals surface area contributed by atoms with Crippen LogP contribution in [-0.4, -0.2) is 22.6 Å². The Balaban J connectivity index is 1.46. The zero-order chi connectivity index (χ0) is 27.3. The normalized spacial score (nSPS) is 13.8. The summed E-state index contributed by atoms with van der Waals surface area (Å²) < 4.78 is 4.92. The summed E-state index contributed by atoms with van der Waals surface area (Å²) in [5.41, 5.74) is 6.98. The molecule has 0 atom stereocenters. The molecule has 0 aliphatic carbocycles. The molecular weight excluding hydrogens is 535 g/mol. The van der Waals surface area contributed by atoms with Crippen molar-refractivity contribution in [2.24, 2.45) is 0 Å². The first-order chi connectivity index (χ1) is 20.1. The first-order valence-electron chi connectivity index (χ1n) is 14.0. The molecule has 0 bridgehead atoms. The molecule has 3 aromatic heterocycles. The maximum Gasteiger partial charge on any atom is 0.235 e. The van der Waals surface area contributed by atoms with Crippen molar-refractivity contribution in [3.8, 4) is 28.3 Å². The van der Waals surface area contributed by atoms with Crippen molar-refractivity contribution in [3.63, 3.8) is 0 Å². The van der Waals surface area contributed by atoms with Crippen LogP contribution in [0.5, 0.6) is 0 Å². The number of hydrogen-bond acceptors (Lipinski definition) is 3. The van der Waals surface area contributed by atoms with E-state index in [1.807, 2.05) is 11.3 Å². The van der Waals surface area contributed by atoms with Crippen LogP contribution >= 0.6 is 11.3 Å². The fourth-order valence-electron chi connectivity index (χ4n) is 6.87. The van der Waals surface area contributed by atoms with E-state index in [0.29, 0.717) is 0 Å². The Kier molecular flexibility index (Phi) is 4.65. The molecule has 0 saturated heterocycles. The highest BCUT2D eigenvalue weighted by Crippen LogP contribution is 2.43. The molecule has 5 aromatic carbocycles. The lowest BCUT2D eigenvalue weighted by Gasteiger charge is -2.19. The average Bonchev–Trinajstić information content (AvgIpc) is 3.64. The molecule has 1 aliphatic rings. The highest BCUT2D eigenvalue weighted by molar-refractivity contribution is 7.26. The maximum atomic E-state index is 5.53. The summed E-state index contributed by atoms with van der Waals surface area (Å²) in [6.45, 7) is 4.86. The zero-order valence-electron chi connectivity index (χ0n) is 22.7. The number of thiophene rings is 1. The second-order valence-corrected chi connectivity index (χ2v) is 16.7. The average molecular weight is 560 g/mol. The third kappa shape index (κ3) is 3.07. The summed E-state index contributed by atoms with van der Waals surface area (Å²) in [5.74, 6) is 0.757. The molecule has 3 nitrogen and oxygen atoms in total. The third-order valence-corrected chi connectivity index (χ3v) is 13.3. The van der Waals surface area contributed by atoms with E-state index in [9.17, 15) is 0 Å². The SMILES string of the molecule is C[Si]1(C)c2ccccc2-c2c(-c3ccccc3)nc(-n3c4ccccc4c4ccc5c6ccccc6sc5c43)nc21. The molecule has 0 saturated carbocycles. The smallest absolute Gasteiger partial charge is 0.235 e. The lowest BCUT2D eigenvalue weighted by atomic mass is 10.0. The van der Waals surface area contributed by atoms with Crippen LogP contribution in [0.4, 0.5) is 0 Å². The van der Waals surface area contributed by atoms with Crippen LogP contribution in [0.3, 0.4) is 0 Å². The van der Waals surface area contributed by atoms with Crippen LogP contribution in [0, 0.1) is 0 Å². The largest absolute Gasteiger partial charge is 0.276 e. The number of para-hydroxylation sites is 1. The Morgan fingerprint density at radius 3 is 2.22 bits per heavy atom. The number of fused-ring (bicyclic) bond motifs is 10. The van der Waals surface area contributed by atoms with Gasteiger partial charge in [0.2, 0.25) is 5.95 Å². The molecule has 0 unspecified atom stereocenters. The van der Waals surface area contributed by atoms with E-state index in [4.69, 9.17) is 9.97 Å². The van der Waals surface area contributed by atoms with E-state index in [1.165, 1.54) is 58.1 Å². The van der Waals surface area contributed by atoms with Gasteiger partial charge in [-0.05, 0) is 22.9 Å². The lowest BCUT2D eigenvalue weighted by Crippen LogP contribution is -2.51. The van der Waals surface area contributed by atoms with E-state index in [1.54, 1.807) is 0 Å². The summed E-state index contributed by atoms with van der Waals surface area (Å²) in [6, 6.07) is 41.5. The van der Waals surface area contributed by atoms with Crippen molar-refractivity contribution in [2.75, 3.05) is 0 Å². The molecular formula is C36H25N3SSi. The molecule has 0 amide bonds. The number of rotatable bonds is 2. The van der Waals surface area contributed by atoms with Crippen molar-refractivity contribution >= 4 is 71.9 Å². The van der Waals surface area contributed by atoms with Crippen molar-refractivity contribution in [3.05, 3.63) is 115 Å². The molecule has 0 radical (unpaired) electrons. The summed E-state index contributed by atoms with van der Waals surface area (Å²) in [4.78, 5) is 11.0. The van der Waals surface area contributed by atoms with Gasteiger partial charge in [-0.2, -0.15) is 0 Å². The van der Waals surface area contributed by atoms with E-state index in [0.717, 1.165) is 22.7 Å². The van der Waals surface area contributed by atoms with Gasteiger partial charge >= 0.3 is 0 Å². The monoisotopic (exact) mass is 559 g/mol. The van der Waals surface area contributed by atoms with Gasteiger partial charge in [0.1, 0.15) is 8.07 Å². The molecule has 5 heteroatoms. The maximum absolute atomic E-state index is 5.53. The minimum Gasteiger partial charge on any atom is -0.276 e. The standard InChI is InChI=1S/C36H25N3SSi/c1-41(2)30-19-11-8-16-27(30)31-32(22-12-4-3-5-13-22)37-36(38-35(31)41)39-28-17-9-6-14-23(28)25-20-21-26-24-15-7-10-18-29(24)40-34(26)33(25)39/h3-21H,1-2H3. The van der Waals surface area contributed by atoms with Crippen molar-refractivity contribution in [1.82, 2.24) is 14.5 Å². The quantitative estimate of drug-likeness (QED) is 0.199. The van der Waals surface area contributed by atoms with Gasteiger partial charge in [-0.25, -0.2) is 9.97 Å². The molecule has 9 rings (SSSR count). The lowest BCUT2D eigenvalue weighted by molar-refractivity contribution is 1.01.